The van der Waals surface area contributed by atoms with Gasteiger partial charge in [0.15, 0.2) is 0 Å². The Bertz CT molecular complexity index is 595. The third-order valence-corrected chi connectivity index (χ3v) is 4.32. The molecule has 0 radical (unpaired) electrons. The molecule has 3 nitrogen and oxygen atoms in total. The number of amides is 1. The van der Waals surface area contributed by atoms with Gasteiger partial charge >= 0.3 is 0 Å². The van der Waals surface area contributed by atoms with Crippen LogP contribution in [0.3, 0.4) is 0 Å². The number of aliphatic hydroxyl groups excluding tert-OH is 1. The van der Waals surface area contributed by atoms with Gasteiger partial charge in [-0.15, -0.1) is 11.3 Å². The van der Waals surface area contributed by atoms with E-state index in [1.165, 1.54) is 23.5 Å². The molecule has 5 heteroatoms. The lowest BCUT2D eigenvalue weighted by atomic mass is 10.1. The standard InChI is InChI=1S/C16H18FNO2S/c1-11(8-9-19)10-18-16(20)15-7-6-14(21-15)12-2-4-13(17)5-3-12/h2-7,11,19H,8-10H2,1H3,(H,18,20). The van der Waals surface area contributed by atoms with E-state index in [1.54, 1.807) is 18.2 Å². The third-order valence-electron chi connectivity index (χ3n) is 3.19. The minimum Gasteiger partial charge on any atom is -0.396 e. The Balaban J connectivity index is 1.99. The van der Waals surface area contributed by atoms with Gasteiger partial charge in [0.2, 0.25) is 0 Å². The summed E-state index contributed by atoms with van der Waals surface area (Å²) in [5.41, 5.74) is 0.897. The van der Waals surface area contributed by atoms with E-state index in [2.05, 4.69) is 5.32 Å². The second-order valence-corrected chi connectivity index (χ2v) is 6.08. The van der Waals surface area contributed by atoms with E-state index >= 15 is 0 Å². The molecule has 1 atom stereocenters. The van der Waals surface area contributed by atoms with Gasteiger partial charge < -0.3 is 10.4 Å². The van der Waals surface area contributed by atoms with Crippen molar-refractivity contribution < 1.29 is 14.3 Å². The van der Waals surface area contributed by atoms with Crippen molar-refractivity contribution in [1.29, 1.82) is 0 Å². The van der Waals surface area contributed by atoms with Crippen LogP contribution in [0.4, 0.5) is 4.39 Å². The Labute approximate surface area is 127 Å². The first-order valence-electron chi connectivity index (χ1n) is 6.85. The number of hydrogen-bond donors (Lipinski definition) is 2. The van der Waals surface area contributed by atoms with E-state index < -0.39 is 0 Å². The molecular formula is C16H18FNO2S. The van der Waals surface area contributed by atoms with E-state index in [-0.39, 0.29) is 24.2 Å². The highest BCUT2D eigenvalue weighted by Crippen LogP contribution is 2.28. The number of aliphatic hydroxyl groups is 1. The van der Waals surface area contributed by atoms with Crippen LogP contribution in [0.25, 0.3) is 10.4 Å². The predicted molar refractivity (Wildman–Crippen MR) is 82.9 cm³/mol. The van der Waals surface area contributed by atoms with Gasteiger partial charge in [-0.25, -0.2) is 4.39 Å². The molecule has 112 valence electrons. The Hall–Kier alpha value is -1.72. The van der Waals surface area contributed by atoms with Crippen LogP contribution in [0.5, 0.6) is 0 Å². The van der Waals surface area contributed by atoms with Crippen LogP contribution >= 0.6 is 11.3 Å². The molecule has 0 aliphatic carbocycles. The normalized spacial score (nSPS) is 12.1. The molecule has 2 rings (SSSR count). The number of rotatable bonds is 6. The van der Waals surface area contributed by atoms with Crippen molar-refractivity contribution in [2.45, 2.75) is 13.3 Å². The molecule has 0 saturated heterocycles. The van der Waals surface area contributed by atoms with Crippen LogP contribution in [0.1, 0.15) is 23.0 Å². The van der Waals surface area contributed by atoms with Crippen molar-refractivity contribution in [3.63, 3.8) is 0 Å². The lowest BCUT2D eigenvalue weighted by molar-refractivity contribution is 0.0949. The lowest BCUT2D eigenvalue weighted by Gasteiger charge is -2.10. The highest BCUT2D eigenvalue weighted by molar-refractivity contribution is 7.17. The maximum Gasteiger partial charge on any atom is 0.261 e. The van der Waals surface area contributed by atoms with Gasteiger partial charge in [-0.1, -0.05) is 19.1 Å². The quantitative estimate of drug-likeness (QED) is 0.860. The molecule has 0 spiro atoms. The largest absolute Gasteiger partial charge is 0.396 e. The topological polar surface area (TPSA) is 49.3 Å². The fourth-order valence-electron chi connectivity index (χ4n) is 1.91. The van der Waals surface area contributed by atoms with Crippen molar-refractivity contribution >= 4 is 17.2 Å². The van der Waals surface area contributed by atoms with Gasteiger partial charge in [0.05, 0.1) is 4.88 Å². The van der Waals surface area contributed by atoms with Crippen molar-refractivity contribution in [3.05, 3.63) is 47.1 Å². The fraction of sp³-hybridized carbons (Fsp3) is 0.312. The van der Waals surface area contributed by atoms with Crippen LogP contribution < -0.4 is 5.32 Å². The van der Waals surface area contributed by atoms with E-state index in [0.717, 1.165) is 10.4 Å². The molecule has 1 amide bonds. The first-order valence-corrected chi connectivity index (χ1v) is 7.66. The fourth-order valence-corrected chi connectivity index (χ4v) is 2.83. The molecule has 2 aromatic rings. The summed E-state index contributed by atoms with van der Waals surface area (Å²) >= 11 is 1.38. The summed E-state index contributed by atoms with van der Waals surface area (Å²) in [6, 6.07) is 9.86. The first-order chi connectivity index (χ1) is 10.1. The number of carbonyl (C=O) groups excluding carboxylic acids is 1. The molecule has 21 heavy (non-hydrogen) atoms. The van der Waals surface area contributed by atoms with Gasteiger partial charge in [0.1, 0.15) is 5.82 Å². The zero-order chi connectivity index (χ0) is 15.2. The number of nitrogens with one attached hydrogen (secondary N) is 1. The van der Waals surface area contributed by atoms with Crippen LogP contribution in [-0.2, 0) is 0 Å². The average Bonchev–Trinajstić information content (AvgIpc) is 2.96. The van der Waals surface area contributed by atoms with Crippen LogP contribution in [0.15, 0.2) is 36.4 Å². The molecule has 0 bridgehead atoms. The summed E-state index contributed by atoms with van der Waals surface area (Å²) in [7, 11) is 0. The van der Waals surface area contributed by atoms with Gasteiger partial charge in [-0.2, -0.15) is 0 Å². The second kappa shape index (κ2) is 7.33. The number of thiophene rings is 1. The minimum absolute atomic E-state index is 0.113. The summed E-state index contributed by atoms with van der Waals surface area (Å²) < 4.78 is 12.9. The van der Waals surface area contributed by atoms with Gasteiger partial charge in [0.25, 0.3) is 5.91 Å². The molecular weight excluding hydrogens is 289 g/mol. The molecule has 0 aliphatic rings. The maximum atomic E-state index is 12.9. The summed E-state index contributed by atoms with van der Waals surface area (Å²) in [5, 5.41) is 11.7. The summed E-state index contributed by atoms with van der Waals surface area (Å²) in [6.07, 6.45) is 0.672. The smallest absolute Gasteiger partial charge is 0.261 e. The Morgan fingerprint density at radius 2 is 2.00 bits per heavy atom. The van der Waals surface area contributed by atoms with Gasteiger partial charge in [-0.3, -0.25) is 4.79 Å². The zero-order valence-electron chi connectivity index (χ0n) is 11.8. The molecule has 0 aliphatic heterocycles. The molecule has 1 unspecified atom stereocenters. The van der Waals surface area contributed by atoms with Gasteiger partial charge in [0, 0.05) is 18.0 Å². The summed E-state index contributed by atoms with van der Waals surface area (Å²) in [6.45, 7) is 2.66. The van der Waals surface area contributed by atoms with E-state index in [9.17, 15) is 9.18 Å². The second-order valence-electron chi connectivity index (χ2n) is 5.00. The first kappa shape index (κ1) is 15.7. The Morgan fingerprint density at radius 1 is 1.29 bits per heavy atom. The summed E-state index contributed by atoms with van der Waals surface area (Å²) in [5.74, 6) is -0.139. The molecule has 0 fully saturated rings. The van der Waals surface area contributed by atoms with Crippen molar-refractivity contribution in [3.8, 4) is 10.4 Å². The van der Waals surface area contributed by atoms with Crippen molar-refractivity contribution in [1.82, 2.24) is 5.32 Å². The minimum atomic E-state index is -0.272. The van der Waals surface area contributed by atoms with E-state index in [4.69, 9.17) is 5.11 Å². The predicted octanol–water partition coefficient (Wildman–Crippen LogP) is 3.30. The number of benzene rings is 1. The number of hydrogen-bond acceptors (Lipinski definition) is 3. The molecule has 0 saturated carbocycles. The highest BCUT2D eigenvalue weighted by atomic mass is 32.1. The highest BCUT2D eigenvalue weighted by Gasteiger charge is 2.11. The number of halogens is 1. The Morgan fingerprint density at radius 3 is 2.67 bits per heavy atom. The third kappa shape index (κ3) is 4.37. The van der Waals surface area contributed by atoms with Crippen LogP contribution in [0, 0.1) is 11.7 Å². The Kier molecular flexibility index (Phi) is 5.47. The lowest BCUT2D eigenvalue weighted by Crippen LogP contribution is -2.27. The van der Waals surface area contributed by atoms with Crippen molar-refractivity contribution in [2.24, 2.45) is 5.92 Å². The van der Waals surface area contributed by atoms with E-state index in [0.29, 0.717) is 17.8 Å². The van der Waals surface area contributed by atoms with Crippen molar-refractivity contribution in [2.75, 3.05) is 13.2 Å². The van der Waals surface area contributed by atoms with Crippen LogP contribution in [0.2, 0.25) is 0 Å². The zero-order valence-corrected chi connectivity index (χ0v) is 12.6. The molecule has 1 heterocycles. The average molecular weight is 307 g/mol. The molecule has 2 N–H and O–H groups in total. The molecule has 1 aromatic heterocycles. The van der Waals surface area contributed by atoms with Crippen LogP contribution in [-0.4, -0.2) is 24.2 Å². The van der Waals surface area contributed by atoms with E-state index in [1.807, 2.05) is 13.0 Å². The number of carbonyl (C=O) groups is 1. The monoisotopic (exact) mass is 307 g/mol. The SMILES string of the molecule is CC(CCO)CNC(=O)c1ccc(-c2ccc(F)cc2)s1. The maximum absolute atomic E-state index is 12.9. The molecule has 1 aromatic carbocycles. The van der Waals surface area contributed by atoms with Gasteiger partial charge in [-0.05, 0) is 42.2 Å². The summed E-state index contributed by atoms with van der Waals surface area (Å²) in [4.78, 5) is 13.6.